The molecule has 1 N–H and O–H groups in total. The Labute approximate surface area is 198 Å². The number of alkyl halides is 3. The van der Waals surface area contributed by atoms with Crippen molar-refractivity contribution in [2.45, 2.75) is 38.0 Å². The number of carbonyl (C=O) groups is 1. The van der Waals surface area contributed by atoms with Crippen LogP contribution < -0.4 is 5.32 Å². The molecular weight excluding hydrogens is 462 g/mol. The van der Waals surface area contributed by atoms with Gasteiger partial charge in [0.15, 0.2) is 0 Å². The van der Waals surface area contributed by atoms with Gasteiger partial charge in [-0.05, 0) is 67.0 Å². The van der Waals surface area contributed by atoms with Crippen molar-refractivity contribution in [1.29, 1.82) is 0 Å². The van der Waals surface area contributed by atoms with Crippen LogP contribution in [0, 0.1) is 24.1 Å². The Bertz CT molecular complexity index is 1330. The lowest BCUT2D eigenvalue weighted by Crippen LogP contribution is -2.60. The van der Waals surface area contributed by atoms with Crippen molar-refractivity contribution in [2.24, 2.45) is 11.3 Å². The third-order valence-corrected chi connectivity index (χ3v) is 7.53. The van der Waals surface area contributed by atoms with Gasteiger partial charge < -0.3 is 10.2 Å². The van der Waals surface area contributed by atoms with Crippen molar-refractivity contribution in [3.63, 3.8) is 0 Å². The van der Waals surface area contributed by atoms with E-state index in [2.05, 4.69) is 20.3 Å². The van der Waals surface area contributed by atoms with E-state index in [0.717, 1.165) is 30.7 Å². The number of piperidine rings is 1. The van der Waals surface area contributed by atoms with Gasteiger partial charge in [-0.25, -0.2) is 9.37 Å². The molecule has 3 aromatic heterocycles. The molecule has 0 bridgehead atoms. The van der Waals surface area contributed by atoms with Crippen LogP contribution in [0.3, 0.4) is 0 Å². The second-order valence-corrected chi connectivity index (χ2v) is 9.66. The number of rotatable bonds is 4. The summed E-state index contributed by atoms with van der Waals surface area (Å²) >= 11 is 0. The van der Waals surface area contributed by atoms with Gasteiger partial charge in [0.2, 0.25) is 0 Å². The molecular formula is C25H21F4N5O. The molecule has 2 aliphatic carbocycles. The van der Waals surface area contributed by atoms with Crippen LogP contribution >= 0.6 is 0 Å². The molecule has 0 aromatic carbocycles. The molecule has 4 heterocycles. The molecule has 180 valence electrons. The van der Waals surface area contributed by atoms with Gasteiger partial charge in [0.05, 0.1) is 11.6 Å². The van der Waals surface area contributed by atoms with E-state index in [1.165, 1.54) is 24.4 Å². The minimum atomic E-state index is -4.45. The van der Waals surface area contributed by atoms with Crippen molar-refractivity contribution in [2.75, 3.05) is 11.9 Å². The van der Waals surface area contributed by atoms with Gasteiger partial charge in [-0.3, -0.25) is 14.8 Å². The molecule has 6 nitrogen and oxygen atoms in total. The highest BCUT2D eigenvalue weighted by molar-refractivity contribution is 5.99. The molecule has 3 fully saturated rings. The van der Waals surface area contributed by atoms with Gasteiger partial charge in [-0.15, -0.1) is 0 Å². The Morgan fingerprint density at radius 3 is 2.69 bits per heavy atom. The number of halogens is 4. The van der Waals surface area contributed by atoms with Crippen molar-refractivity contribution in [3.05, 3.63) is 71.6 Å². The van der Waals surface area contributed by atoms with Crippen molar-refractivity contribution < 1.29 is 22.4 Å². The van der Waals surface area contributed by atoms with Crippen LogP contribution in [0.25, 0.3) is 11.3 Å². The van der Waals surface area contributed by atoms with Crippen LogP contribution in [-0.2, 0) is 6.18 Å². The van der Waals surface area contributed by atoms with E-state index in [9.17, 15) is 22.4 Å². The highest BCUT2D eigenvalue weighted by Crippen LogP contribution is 2.71. The van der Waals surface area contributed by atoms with Gasteiger partial charge in [0, 0.05) is 36.7 Å². The fourth-order valence-electron chi connectivity index (χ4n) is 5.84. The largest absolute Gasteiger partial charge is 0.417 e. The third kappa shape index (κ3) is 3.45. The number of nitrogens with one attached hydrogen (secondary N) is 1. The molecule has 1 saturated heterocycles. The monoisotopic (exact) mass is 483 g/mol. The van der Waals surface area contributed by atoms with Crippen LogP contribution in [0.2, 0.25) is 0 Å². The fraction of sp³-hybridized carbons (Fsp3) is 0.360. The van der Waals surface area contributed by atoms with Crippen LogP contribution in [0.4, 0.5) is 23.4 Å². The molecule has 6 rings (SSSR count). The Morgan fingerprint density at radius 2 is 1.97 bits per heavy atom. The van der Waals surface area contributed by atoms with Gasteiger partial charge in [-0.2, -0.15) is 13.2 Å². The van der Waals surface area contributed by atoms with Crippen molar-refractivity contribution in [1.82, 2.24) is 19.9 Å². The number of aryl methyl sites for hydroxylation is 1. The normalized spacial score (nSPS) is 26.5. The smallest absolute Gasteiger partial charge is 0.365 e. The summed E-state index contributed by atoms with van der Waals surface area (Å²) in [5.74, 6) is -0.116. The molecule has 4 unspecified atom stereocenters. The van der Waals surface area contributed by atoms with Crippen LogP contribution in [-0.4, -0.2) is 44.4 Å². The number of hydrogen-bond donors (Lipinski definition) is 1. The minimum absolute atomic E-state index is 0.0281. The summed E-state index contributed by atoms with van der Waals surface area (Å²) in [6.45, 7) is 2.39. The maximum absolute atomic E-state index is 14.5. The third-order valence-electron chi connectivity index (χ3n) is 7.53. The van der Waals surface area contributed by atoms with E-state index >= 15 is 0 Å². The maximum atomic E-state index is 14.5. The van der Waals surface area contributed by atoms with Crippen molar-refractivity contribution >= 4 is 11.7 Å². The van der Waals surface area contributed by atoms with E-state index in [1.54, 1.807) is 17.2 Å². The number of likely N-dealkylation sites (tertiary alicyclic amines) is 1. The van der Waals surface area contributed by atoms with Gasteiger partial charge in [0.25, 0.3) is 5.91 Å². The molecule has 1 spiro atoms. The first-order chi connectivity index (χ1) is 16.7. The second-order valence-electron chi connectivity index (χ2n) is 9.66. The predicted molar refractivity (Wildman–Crippen MR) is 119 cm³/mol. The molecule has 10 heteroatoms. The SMILES string of the molecule is Cc1cnc(C(=O)N2CC3CC34CC(Nc3ccc(C(F)(F)F)cn3)C24)c(-c2ncccc2F)c1. The quantitative estimate of drug-likeness (QED) is 0.544. The summed E-state index contributed by atoms with van der Waals surface area (Å²) in [6.07, 6.45) is 1.23. The maximum Gasteiger partial charge on any atom is 0.417 e. The van der Waals surface area contributed by atoms with Gasteiger partial charge in [0.1, 0.15) is 23.0 Å². The zero-order valence-corrected chi connectivity index (χ0v) is 18.7. The van der Waals surface area contributed by atoms with Crippen LogP contribution in [0.5, 0.6) is 0 Å². The van der Waals surface area contributed by atoms with E-state index in [-0.39, 0.29) is 34.8 Å². The van der Waals surface area contributed by atoms with Gasteiger partial charge >= 0.3 is 6.18 Å². The fourth-order valence-corrected chi connectivity index (χ4v) is 5.84. The zero-order valence-electron chi connectivity index (χ0n) is 18.7. The first kappa shape index (κ1) is 21.9. The average Bonchev–Trinajstić information content (AvgIpc) is 3.47. The first-order valence-corrected chi connectivity index (χ1v) is 11.4. The van der Waals surface area contributed by atoms with E-state index < -0.39 is 17.6 Å². The Kier molecular flexibility index (Phi) is 4.68. The Balaban J connectivity index is 1.27. The Morgan fingerprint density at radius 1 is 1.14 bits per heavy atom. The zero-order chi connectivity index (χ0) is 24.5. The molecule has 1 aliphatic heterocycles. The number of nitrogens with zero attached hydrogens (tertiary/aromatic N) is 4. The lowest BCUT2D eigenvalue weighted by Gasteiger charge is -2.48. The molecule has 2 saturated carbocycles. The summed E-state index contributed by atoms with van der Waals surface area (Å²) < 4.78 is 53.1. The summed E-state index contributed by atoms with van der Waals surface area (Å²) in [5, 5.41) is 3.22. The molecule has 3 aromatic rings. The molecule has 1 amide bonds. The molecule has 3 aliphatic rings. The number of amides is 1. The summed E-state index contributed by atoms with van der Waals surface area (Å²) in [6, 6.07) is 6.52. The standard InChI is InChI=1S/C25H21F4N5O/c1-13-7-16(20-17(26)3-2-6-30-20)21(32-10-13)23(35)34-12-15-8-24(15)9-18(22(24)34)33-19-5-4-14(11-31-19)25(27,28)29/h2-7,10-11,15,18,22H,8-9,12H2,1H3,(H,31,33). The predicted octanol–water partition coefficient (Wildman–Crippen LogP) is 4.72. The summed E-state index contributed by atoms with van der Waals surface area (Å²) in [4.78, 5) is 27.9. The highest BCUT2D eigenvalue weighted by atomic mass is 19.4. The van der Waals surface area contributed by atoms with Crippen LogP contribution in [0.15, 0.2) is 48.9 Å². The van der Waals surface area contributed by atoms with E-state index in [0.29, 0.717) is 23.8 Å². The lowest BCUT2D eigenvalue weighted by atomic mass is 9.71. The number of anilines is 1. The number of hydrogen-bond acceptors (Lipinski definition) is 5. The summed E-state index contributed by atoms with van der Waals surface area (Å²) in [7, 11) is 0. The van der Waals surface area contributed by atoms with Gasteiger partial charge in [-0.1, -0.05) is 0 Å². The highest BCUT2D eigenvalue weighted by Gasteiger charge is 2.75. The van der Waals surface area contributed by atoms with Crippen molar-refractivity contribution in [3.8, 4) is 11.3 Å². The minimum Gasteiger partial charge on any atom is -0.365 e. The topological polar surface area (TPSA) is 71.0 Å². The average molecular weight is 483 g/mol. The Hall–Kier alpha value is -3.56. The van der Waals surface area contributed by atoms with E-state index in [1.807, 2.05) is 6.92 Å². The molecule has 4 atom stereocenters. The molecule has 35 heavy (non-hydrogen) atoms. The van der Waals surface area contributed by atoms with Crippen LogP contribution in [0.1, 0.15) is 34.5 Å². The number of aromatic nitrogens is 3. The first-order valence-electron chi connectivity index (χ1n) is 11.4. The molecule has 0 radical (unpaired) electrons. The second kappa shape index (κ2) is 7.47. The summed E-state index contributed by atoms with van der Waals surface area (Å²) in [5.41, 5.74) is 0.550. The number of pyridine rings is 3. The lowest BCUT2D eigenvalue weighted by molar-refractivity contribution is -0.137. The van der Waals surface area contributed by atoms with E-state index in [4.69, 9.17) is 0 Å². The number of carbonyl (C=O) groups excluding carboxylic acids is 1.